The van der Waals surface area contributed by atoms with Gasteiger partial charge in [-0.3, -0.25) is 9.48 Å². The maximum atomic E-state index is 11.5. The highest BCUT2D eigenvalue weighted by Crippen LogP contribution is 2.21. The number of aliphatic imine (C=N–C) groups is 1. The highest BCUT2D eigenvalue weighted by Gasteiger charge is 2.09. The number of rotatable bonds is 6. The van der Waals surface area contributed by atoms with Gasteiger partial charge in [0.05, 0.1) is 6.61 Å². The maximum Gasteiger partial charge on any atom is 0.306 e. The zero-order valence-electron chi connectivity index (χ0n) is 12.7. The Balaban J connectivity index is 2.15. The molecule has 0 saturated heterocycles. The van der Waals surface area contributed by atoms with Gasteiger partial charge in [0.15, 0.2) is 5.82 Å². The Hall–Kier alpha value is -2.63. The number of nitrogens with zero attached hydrogens (tertiary/aromatic N) is 3. The van der Waals surface area contributed by atoms with Crippen LogP contribution in [0.25, 0.3) is 0 Å². The highest BCUT2D eigenvalue weighted by molar-refractivity contribution is 5.87. The Morgan fingerprint density at radius 2 is 2.27 bits per heavy atom. The van der Waals surface area contributed by atoms with Crippen LogP contribution >= 0.6 is 0 Å². The standard InChI is InChI=1S/C16H19N3O3/c1-3-22-16(21)8-7-12-5-4-6-14(20)13(12)11-17-15-9-10-19(2)18-15/h4-6,9-11,20H,3,7-8H2,1-2H3. The smallest absolute Gasteiger partial charge is 0.306 e. The number of carbonyl (C=O) groups is 1. The zero-order chi connectivity index (χ0) is 15.9. The third kappa shape index (κ3) is 4.18. The van der Waals surface area contributed by atoms with Crippen LogP contribution < -0.4 is 0 Å². The van der Waals surface area contributed by atoms with E-state index in [1.54, 1.807) is 42.2 Å². The van der Waals surface area contributed by atoms with Crippen molar-refractivity contribution in [2.45, 2.75) is 19.8 Å². The van der Waals surface area contributed by atoms with Gasteiger partial charge in [-0.15, -0.1) is 0 Å². The summed E-state index contributed by atoms with van der Waals surface area (Å²) in [5, 5.41) is 14.2. The molecule has 6 nitrogen and oxygen atoms in total. The van der Waals surface area contributed by atoms with Gasteiger partial charge >= 0.3 is 5.97 Å². The minimum absolute atomic E-state index is 0.126. The summed E-state index contributed by atoms with van der Waals surface area (Å²) < 4.78 is 6.57. The number of aryl methyl sites for hydroxylation is 2. The summed E-state index contributed by atoms with van der Waals surface area (Å²) in [6.45, 7) is 2.14. The van der Waals surface area contributed by atoms with Crippen LogP contribution in [-0.2, 0) is 23.0 Å². The molecule has 0 bridgehead atoms. The fourth-order valence-corrected chi connectivity index (χ4v) is 2.04. The first-order chi connectivity index (χ1) is 10.6. The van der Waals surface area contributed by atoms with E-state index in [0.717, 1.165) is 5.56 Å². The number of phenols is 1. The maximum absolute atomic E-state index is 11.5. The molecule has 0 spiro atoms. The largest absolute Gasteiger partial charge is 0.507 e. The Bertz CT molecular complexity index is 677. The van der Waals surface area contributed by atoms with E-state index in [9.17, 15) is 9.90 Å². The van der Waals surface area contributed by atoms with Crippen LogP contribution in [0.15, 0.2) is 35.5 Å². The predicted octanol–water partition coefficient (Wildman–Crippen LogP) is 2.37. The van der Waals surface area contributed by atoms with Crippen molar-refractivity contribution in [1.29, 1.82) is 0 Å². The number of phenolic OH excluding ortho intramolecular Hbond substituents is 1. The van der Waals surface area contributed by atoms with E-state index in [2.05, 4.69) is 10.1 Å². The van der Waals surface area contributed by atoms with Gasteiger partial charge in [0, 0.05) is 37.5 Å². The number of carbonyl (C=O) groups excluding carboxylic acids is 1. The van der Waals surface area contributed by atoms with Crippen molar-refractivity contribution < 1.29 is 14.6 Å². The van der Waals surface area contributed by atoms with Crippen molar-refractivity contribution in [3.63, 3.8) is 0 Å². The molecular weight excluding hydrogens is 282 g/mol. The van der Waals surface area contributed by atoms with E-state index in [-0.39, 0.29) is 18.1 Å². The van der Waals surface area contributed by atoms with E-state index in [0.29, 0.717) is 24.4 Å². The molecule has 1 aromatic carbocycles. The lowest BCUT2D eigenvalue weighted by Crippen LogP contribution is -2.06. The van der Waals surface area contributed by atoms with Gasteiger partial charge < -0.3 is 9.84 Å². The Morgan fingerprint density at radius 1 is 1.45 bits per heavy atom. The van der Waals surface area contributed by atoms with Gasteiger partial charge in [0.1, 0.15) is 5.75 Å². The number of ether oxygens (including phenoxy) is 1. The second kappa shape index (κ2) is 7.40. The van der Waals surface area contributed by atoms with Gasteiger partial charge in [0.25, 0.3) is 0 Å². The van der Waals surface area contributed by atoms with Gasteiger partial charge in [-0.05, 0) is 25.0 Å². The molecule has 0 amide bonds. The second-order valence-corrected chi connectivity index (χ2v) is 4.76. The number of aromatic hydroxyl groups is 1. The van der Waals surface area contributed by atoms with Gasteiger partial charge in [0.2, 0.25) is 0 Å². The molecule has 0 aliphatic rings. The molecular formula is C16H19N3O3. The number of hydrogen-bond acceptors (Lipinski definition) is 5. The quantitative estimate of drug-likeness (QED) is 0.656. The summed E-state index contributed by atoms with van der Waals surface area (Å²) in [6, 6.07) is 6.97. The Kier molecular flexibility index (Phi) is 5.30. The molecule has 0 aliphatic carbocycles. The SMILES string of the molecule is CCOC(=O)CCc1cccc(O)c1C=Nc1ccn(C)n1. The van der Waals surface area contributed by atoms with Gasteiger partial charge in [-0.25, -0.2) is 4.99 Å². The van der Waals surface area contributed by atoms with Crippen molar-refractivity contribution in [3.8, 4) is 5.75 Å². The van der Waals surface area contributed by atoms with E-state index in [1.165, 1.54) is 0 Å². The minimum atomic E-state index is -0.251. The summed E-state index contributed by atoms with van der Waals surface area (Å²) in [6.07, 6.45) is 4.11. The summed E-state index contributed by atoms with van der Waals surface area (Å²) in [5.41, 5.74) is 1.44. The monoisotopic (exact) mass is 301 g/mol. The molecule has 1 heterocycles. The molecule has 1 aromatic heterocycles. The summed E-state index contributed by atoms with van der Waals surface area (Å²) in [4.78, 5) is 15.7. The number of hydrogen-bond donors (Lipinski definition) is 1. The first-order valence-corrected chi connectivity index (χ1v) is 7.10. The molecule has 116 valence electrons. The van der Waals surface area contributed by atoms with E-state index >= 15 is 0 Å². The topological polar surface area (TPSA) is 76.7 Å². The zero-order valence-corrected chi connectivity index (χ0v) is 12.7. The lowest BCUT2D eigenvalue weighted by atomic mass is 10.0. The number of esters is 1. The normalized spacial score (nSPS) is 11.0. The molecule has 22 heavy (non-hydrogen) atoms. The van der Waals surface area contributed by atoms with Crippen molar-refractivity contribution in [1.82, 2.24) is 9.78 Å². The van der Waals surface area contributed by atoms with Crippen LogP contribution in [0.2, 0.25) is 0 Å². The van der Waals surface area contributed by atoms with E-state index < -0.39 is 0 Å². The molecule has 0 atom stereocenters. The molecule has 0 unspecified atom stereocenters. The summed E-state index contributed by atoms with van der Waals surface area (Å²) in [7, 11) is 1.81. The average molecular weight is 301 g/mol. The second-order valence-electron chi connectivity index (χ2n) is 4.76. The van der Waals surface area contributed by atoms with Crippen LogP contribution in [0.3, 0.4) is 0 Å². The van der Waals surface area contributed by atoms with Crippen LogP contribution in [0.4, 0.5) is 5.82 Å². The van der Waals surface area contributed by atoms with Gasteiger partial charge in [-0.2, -0.15) is 5.10 Å². The predicted molar refractivity (Wildman–Crippen MR) is 83.5 cm³/mol. The minimum Gasteiger partial charge on any atom is -0.507 e. The molecule has 6 heteroatoms. The fourth-order valence-electron chi connectivity index (χ4n) is 2.04. The van der Waals surface area contributed by atoms with Crippen LogP contribution in [0, 0.1) is 0 Å². The van der Waals surface area contributed by atoms with E-state index in [1.807, 2.05) is 13.1 Å². The van der Waals surface area contributed by atoms with Crippen molar-refractivity contribution in [2.75, 3.05) is 6.61 Å². The molecule has 0 radical (unpaired) electrons. The molecule has 2 aromatic rings. The molecule has 0 saturated carbocycles. The Labute approximate surface area is 129 Å². The molecule has 1 N–H and O–H groups in total. The summed E-state index contributed by atoms with van der Waals surface area (Å²) >= 11 is 0. The lowest BCUT2D eigenvalue weighted by Gasteiger charge is -2.07. The highest BCUT2D eigenvalue weighted by atomic mass is 16.5. The van der Waals surface area contributed by atoms with Crippen molar-refractivity contribution in [2.24, 2.45) is 12.0 Å². The Morgan fingerprint density at radius 3 is 2.95 bits per heavy atom. The third-order valence-electron chi connectivity index (χ3n) is 3.10. The molecule has 0 aliphatic heterocycles. The molecule has 2 rings (SSSR count). The van der Waals surface area contributed by atoms with E-state index in [4.69, 9.17) is 4.74 Å². The first kappa shape index (κ1) is 15.8. The molecule has 0 fully saturated rings. The van der Waals surface area contributed by atoms with Gasteiger partial charge in [-0.1, -0.05) is 12.1 Å². The summed E-state index contributed by atoms with van der Waals surface area (Å²) in [5.74, 6) is 0.432. The lowest BCUT2D eigenvalue weighted by molar-refractivity contribution is -0.143. The number of aromatic nitrogens is 2. The van der Waals surface area contributed by atoms with Crippen LogP contribution in [0.1, 0.15) is 24.5 Å². The van der Waals surface area contributed by atoms with Crippen LogP contribution in [-0.4, -0.2) is 33.7 Å². The first-order valence-electron chi connectivity index (χ1n) is 7.10. The fraction of sp³-hybridized carbons (Fsp3) is 0.312. The number of benzene rings is 1. The average Bonchev–Trinajstić information content (AvgIpc) is 2.90. The van der Waals surface area contributed by atoms with Crippen molar-refractivity contribution in [3.05, 3.63) is 41.6 Å². The van der Waals surface area contributed by atoms with Crippen molar-refractivity contribution >= 4 is 18.0 Å². The van der Waals surface area contributed by atoms with Crippen LogP contribution in [0.5, 0.6) is 5.75 Å². The third-order valence-corrected chi connectivity index (χ3v) is 3.10.